The summed E-state index contributed by atoms with van der Waals surface area (Å²) in [5, 5.41) is 13.4. The maximum Gasteiger partial charge on any atom is 0.128 e. The lowest BCUT2D eigenvalue weighted by Crippen LogP contribution is -2.19. The summed E-state index contributed by atoms with van der Waals surface area (Å²) in [5.41, 5.74) is 7.65. The van der Waals surface area contributed by atoms with Gasteiger partial charge in [0.15, 0.2) is 0 Å². The van der Waals surface area contributed by atoms with E-state index in [4.69, 9.17) is 16.3 Å². The Labute approximate surface area is 261 Å². The Morgan fingerprint density at radius 1 is 0.818 bits per heavy atom. The van der Waals surface area contributed by atoms with E-state index in [-0.39, 0.29) is 0 Å². The molecule has 0 atom stereocenters. The molecule has 2 aromatic heterocycles. The van der Waals surface area contributed by atoms with Gasteiger partial charge in [-0.05, 0) is 109 Å². The molecule has 44 heavy (non-hydrogen) atoms. The lowest BCUT2D eigenvalue weighted by molar-refractivity contribution is 0.483. The maximum atomic E-state index is 6.11. The van der Waals surface area contributed by atoms with Crippen LogP contribution in [0.15, 0.2) is 108 Å². The van der Waals surface area contributed by atoms with Gasteiger partial charge in [-0.3, -0.25) is 9.98 Å². The largest absolute Gasteiger partial charge is 0.457 e. The van der Waals surface area contributed by atoms with Gasteiger partial charge in [-0.2, -0.15) is 0 Å². The van der Waals surface area contributed by atoms with E-state index in [9.17, 15) is 0 Å². The predicted octanol–water partition coefficient (Wildman–Crippen LogP) is 7.77. The first-order valence-electron chi connectivity index (χ1n) is 15.0. The van der Waals surface area contributed by atoms with Crippen LogP contribution in [-0.4, -0.2) is 42.0 Å². The second-order valence-electron chi connectivity index (χ2n) is 10.9. The zero-order valence-electron chi connectivity index (χ0n) is 24.2. The fourth-order valence-electron chi connectivity index (χ4n) is 5.49. The van der Waals surface area contributed by atoms with Crippen LogP contribution in [0.4, 0.5) is 5.69 Å². The van der Waals surface area contributed by atoms with Gasteiger partial charge >= 0.3 is 0 Å². The van der Waals surface area contributed by atoms with Crippen LogP contribution in [0.5, 0.6) is 11.5 Å². The third-order valence-electron chi connectivity index (χ3n) is 7.77. The molecule has 0 unspecified atom stereocenters. The third kappa shape index (κ3) is 6.39. The number of nitrogens with zero attached hydrogens (tertiary/aromatic N) is 2. The minimum atomic E-state index is 0.700. The number of aromatic nitrogens is 2. The summed E-state index contributed by atoms with van der Waals surface area (Å²) < 4.78 is 6.08. The van der Waals surface area contributed by atoms with Crippen LogP contribution in [0.2, 0.25) is 5.02 Å². The van der Waals surface area contributed by atoms with Gasteiger partial charge in [0.1, 0.15) is 17.3 Å². The van der Waals surface area contributed by atoms with Gasteiger partial charge in [0.05, 0.1) is 12.1 Å². The molecule has 7 rings (SSSR count). The number of ether oxygens (including phenoxy) is 1. The average Bonchev–Trinajstić information content (AvgIpc) is 3.74. The van der Waals surface area contributed by atoms with E-state index >= 15 is 0 Å². The molecule has 0 amide bonds. The third-order valence-corrected chi connectivity index (χ3v) is 8.00. The number of nitrogens with one attached hydrogen (secondary N) is 4. The smallest absolute Gasteiger partial charge is 0.128 e. The van der Waals surface area contributed by atoms with Crippen molar-refractivity contribution in [1.82, 2.24) is 20.6 Å². The second-order valence-corrected chi connectivity index (χ2v) is 11.3. The van der Waals surface area contributed by atoms with Crippen LogP contribution >= 0.6 is 11.6 Å². The lowest BCUT2D eigenvalue weighted by Gasteiger charge is -2.10. The molecule has 6 aromatic rings. The Morgan fingerprint density at radius 2 is 1.64 bits per heavy atom. The fraction of sp³-hybridized carbons (Fsp3) is 0.167. The molecule has 220 valence electrons. The number of H-pyrrole nitrogens is 1. The van der Waals surface area contributed by atoms with Gasteiger partial charge in [0.2, 0.25) is 0 Å². The number of amidine groups is 1. The van der Waals surface area contributed by atoms with Crippen LogP contribution in [0.3, 0.4) is 0 Å². The molecule has 0 saturated carbocycles. The first kappa shape index (κ1) is 28.0. The predicted molar refractivity (Wildman–Crippen MR) is 181 cm³/mol. The average molecular weight is 601 g/mol. The summed E-state index contributed by atoms with van der Waals surface area (Å²) >= 11 is 6.11. The molecule has 4 aromatic carbocycles. The van der Waals surface area contributed by atoms with Crippen molar-refractivity contribution in [3.63, 3.8) is 0 Å². The number of rotatable bonds is 11. The van der Waals surface area contributed by atoms with Crippen molar-refractivity contribution in [3.05, 3.63) is 119 Å². The topological polar surface area (TPSA) is 86.4 Å². The van der Waals surface area contributed by atoms with Crippen LogP contribution in [0, 0.1) is 0 Å². The lowest BCUT2D eigenvalue weighted by atomic mass is 10.1. The molecular formula is C36H33ClN6O. The number of benzene rings is 4. The van der Waals surface area contributed by atoms with E-state index in [2.05, 4.69) is 67.3 Å². The molecule has 0 spiro atoms. The quantitative estimate of drug-likeness (QED) is 0.114. The van der Waals surface area contributed by atoms with Gasteiger partial charge in [0.25, 0.3) is 0 Å². The first-order chi connectivity index (χ1) is 21.7. The maximum absolute atomic E-state index is 6.11. The van der Waals surface area contributed by atoms with Crippen LogP contribution in [-0.2, 0) is 6.54 Å². The van der Waals surface area contributed by atoms with Crippen molar-refractivity contribution >= 4 is 44.9 Å². The van der Waals surface area contributed by atoms with Gasteiger partial charge < -0.3 is 25.7 Å². The number of halogens is 1. The van der Waals surface area contributed by atoms with Crippen LogP contribution < -0.4 is 20.7 Å². The zero-order valence-corrected chi connectivity index (χ0v) is 25.0. The summed E-state index contributed by atoms with van der Waals surface area (Å²) in [6.45, 7) is 4.34. The minimum absolute atomic E-state index is 0.700. The summed E-state index contributed by atoms with van der Waals surface area (Å²) in [7, 11) is 0. The zero-order chi connectivity index (χ0) is 29.7. The van der Waals surface area contributed by atoms with Gasteiger partial charge in [0, 0.05) is 64.1 Å². The van der Waals surface area contributed by atoms with Crippen LogP contribution in [0.1, 0.15) is 17.5 Å². The number of anilines is 1. The normalized spacial score (nSPS) is 12.8. The van der Waals surface area contributed by atoms with E-state index in [1.807, 2.05) is 66.9 Å². The van der Waals surface area contributed by atoms with Crippen molar-refractivity contribution in [2.45, 2.75) is 13.0 Å². The fourth-order valence-corrected chi connectivity index (χ4v) is 5.66. The van der Waals surface area contributed by atoms with Crippen molar-refractivity contribution in [1.29, 1.82) is 0 Å². The number of hydrogen-bond donors (Lipinski definition) is 4. The van der Waals surface area contributed by atoms with E-state index in [0.717, 1.165) is 95.4 Å². The van der Waals surface area contributed by atoms with Crippen molar-refractivity contribution in [3.8, 4) is 22.8 Å². The summed E-state index contributed by atoms with van der Waals surface area (Å²) in [6.07, 6.45) is 2.82. The molecule has 0 bridgehead atoms. The molecule has 8 heteroatoms. The van der Waals surface area contributed by atoms with Gasteiger partial charge in [-0.15, -0.1) is 0 Å². The molecule has 0 saturated heterocycles. The Bertz CT molecular complexity index is 1930. The number of aromatic amines is 1. The second kappa shape index (κ2) is 12.8. The Balaban J connectivity index is 0.905. The number of pyridine rings is 1. The summed E-state index contributed by atoms with van der Waals surface area (Å²) in [4.78, 5) is 12.5. The summed E-state index contributed by atoms with van der Waals surface area (Å²) in [5.74, 6) is 2.56. The molecule has 0 radical (unpaired) electrons. The van der Waals surface area contributed by atoms with Crippen molar-refractivity contribution < 1.29 is 4.74 Å². The molecule has 4 N–H and O–H groups in total. The van der Waals surface area contributed by atoms with Crippen LogP contribution in [0.25, 0.3) is 33.1 Å². The molecule has 1 aliphatic heterocycles. The highest BCUT2D eigenvalue weighted by Gasteiger charge is 2.09. The highest BCUT2D eigenvalue weighted by molar-refractivity contribution is 6.31. The standard InChI is InChI=1S/C36H33ClN6O/c37-28-8-13-31-32(14-17-40-35(31)22-28)39-16-1-15-38-23-24-2-3-27-21-34(43-33(27)20-24)25-4-9-29(10-5-25)44-30-11-6-26(7-12-30)36-41-18-19-42-36/h2-14,17,20-22,38,43H,1,15-16,18-19,23H2,(H,39,40)(H,41,42). The van der Waals surface area contributed by atoms with Crippen molar-refractivity contribution in [2.24, 2.45) is 4.99 Å². The number of fused-ring (bicyclic) bond motifs is 2. The molecule has 1 aliphatic rings. The number of hydrogen-bond acceptors (Lipinski definition) is 6. The number of aliphatic imine (C=N–C) groups is 1. The molecule has 0 aliphatic carbocycles. The van der Waals surface area contributed by atoms with E-state index in [1.165, 1.54) is 10.9 Å². The first-order valence-corrected chi connectivity index (χ1v) is 15.3. The minimum Gasteiger partial charge on any atom is -0.457 e. The Kier molecular flexibility index (Phi) is 8.13. The Morgan fingerprint density at radius 3 is 2.43 bits per heavy atom. The SMILES string of the molecule is Clc1ccc2c(NCCCNCc3ccc4cc(-c5ccc(Oc6ccc(C7=NCCN7)cc6)cc5)[nH]c4c3)ccnc2c1. The highest BCUT2D eigenvalue weighted by Crippen LogP contribution is 2.29. The molecular weight excluding hydrogens is 568 g/mol. The molecule has 7 nitrogen and oxygen atoms in total. The van der Waals surface area contributed by atoms with Crippen molar-refractivity contribution in [2.75, 3.05) is 31.5 Å². The van der Waals surface area contributed by atoms with Gasteiger partial charge in [-0.1, -0.05) is 23.7 Å². The monoisotopic (exact) mass is 600 g/mol. The van der Waals surface area contributed by atoms with E-state index < -0.39 is 0 Å². The van der Waals surface area contributed by atoms with E-state index in [1.54, 1.807) is 0 Å². The summed E-state index contributed by atoms with van der Waals surface area (Å²) in [6, 6.07) is 32.9. The van der Waals surface area contributed by atoms with E-state index in [0.29, 0.717) is 5.02 Å². The highest BCUT2D eigenvalue weighted by atomic mass is 35.5. The van der Waals surface area contributed by atoms with Gasteiger partial charge in [-0.25, -0.2) is 0 Å². The molecule has 3 heterocycles. The Hall–Kier alpha value is -4.85. The molecule has 0 fully saturated rings.